The molecule has 0 spiro atoms. The molecule has 0 saturated carbocycles. The molecule has 2 aromatic rings. The van der Waals surface area contributed by atoms with Crippen LogP contribution in [0.5, 0.6) is 5.75 Å². The number of anilines is 2. The fourth-order valence-electron chi connectivity index (χ4n) is 2.40. The molecule has 2 heterocycles. The molecule has 0 saturated heterocycles. The molecule has 1 aliphatic rings. The van der Waals surface area contributed by atoms with Crippen LogP contribution in [0.2, 0.25) is 0 Å². The predicted molar refractivity (Wildman–Crippen MR) is 76.6 cm³/mol. The van der Waals surface area contributed by atoms with E-state index >= 15 is 0 Å². The van der Waals surface area contributed by atoms with Gasteiger partial charge in [0.05, 0.1) is 12.6 Å². The highest BCUT2D eigenvalue weighted by molar-refractivity contribution is 5.50. The fourth-order valence-corrected chi connectivity index (χ4v) is 2.40. The lowest BCUT2D eigenvalue weighted by Crippen LogP contribution is -2.21. The Kier molecular flexibility index (Phi) is 3.60. The fraction of sp³-hybridized carbons (Fsp3) is 0.267. The second kappa shape index (κ2) is 5.55. The van der Waals surface area contributed by atoms with Gasteiger partial charge in [0, 0.05) is 25.1 Å². The van der Waals surface area contributed by atoms with Gasteiger partial charge in [0.25, 0.3) is 0 Å². The van der Waals surface area contributed by atoms with Crippen molar-refractivity contribution in [2.24, 2.45) is 0 Å². The van der Waals surface area contributed by atoms with E-state index in [1.54, 1.807) is 0 Å². The van der Waals surface area contributed by atoms with Crippen LogP contribution in [0.25, 0.3) is 0 Å². The number of ether oxygens (including phenoxy) is 1. The lowest BCUT2D eigenvalue weighted by Gasteiger charge is -2.27. The number of rotatable bonds is 3. The van der Waals surface area contributed by atoms with Crippen LogP contribution in [0.15, 0.2) is 30.3 Å². The molecule has 1 aromatic carbocycles. The third kappa shape index (κ3) is 2.61. The Hall–Kier alpha value is -2.37. The third-order valence-electron chi connectivity index (χ3n) is 3.44. The predicted octanol–water partition coefficient (Wildman–Crippen LogP) is 3.34. The Balaban J connectivity index is 1.91. The van der Waals surface area contributed by atoms with Crippen LogP contribution >= 0.6 is 0 Å². The highest BCUT2D eigenvalue weighted by Crippen LogP contribution is 2.34. The third-order valence-corrected chi connectivity index (χ3v) is 3.44. The van der Waals surface area contributed by atoms with E-state index in [0.29, 0.717) is 13.0 Å². The van der Waals surface area contributed by atoms with E-state index in [0.717, 1.165) is 17.4 Å². The second-order valence-corrected chi connectivity index (χ2v) is 4.77. The number of para-hydroxylation sites is 1. The van der Waals surface area contributed by atoms with Gasteiger partial charge in [-0.05, 0) is 6.07 Å². The maximum atomic E-state index is 13.9. The van der Waals surface area contributed by atoms with Crippen molar-refractivity contribution < 1.29 is 13.5 Å². The number of pyridine rings is 1. The van der Waals surface area contributed by atoms with Crippen molar-refractivity contribution >= 4 is 11.6 Å². The Bertz CT molecular complexity index is 663. The van der Waals surface area contributed by atoms with Crippen molar-refractivity contribution in [3.63, 3.8) is 0 Å². The summed E-state index contributed by atoms with van der Waals surface area (Å²) in [5, 5.41) is 5.64. The molecule has 110 valence electrons. The molecule has 3 rings (SSSR count). The van der Waals surface area contributed by atoms with Crippen molar-refractivity contribution in [3.8, 4) is 5.75 Å². The smallest absolute Gasteiger partial charge is 0.168 e. The minimum absolute atomic E-state index is 0.0132. The lowest BCUT2D eigenvalue weighted by atomic mass is 10.0. The van der Waals surface area contributed by atoms with Gasteiger partial charge in [-0.15, -0.1) is 0 Å². The number of halogens is 2. The highest BCUT2D eigenvalue weighted by atomic mass is 19.1. The first-order valence-corrected chi connectivity index (χ1v) is 6.71. The molecule has 1 aromatic heterocycles. The van der Waals surface area contributed by atoms with Gasteiger partial charge >= 0.3 is 0 Å². The van der Waals surface area contributed by atoms with Crippen molar-refractivity contribution in [2.45, 2.75) is 12.5 Å². The number of hydrogen-bond acceptors (Lipinski definition) is 4. The molecule has 0 bridgehead atoms. The van der Waals surface area contributed by atoms with E-state index in [-0.39, 0.29) is 17.7 Å². The summed E-state index contributed by atoms with van der Waals surface area (Å²) in [5.74, 6) is -0.609. The summed E-state index contributed by atoms with van der Waals surface area (Å²) >= 11 is 0. The number of fused-ring (bicyclic) bond motifs is 1. The minimum Gasteiger partial charge on any atom is -0.493 e. The van der Waals surface area contributed by atoms with Gasteiger partial charge in [0.15, 0.2) is 23.3 Å². The Morgan fingerprint density at radius 3 is 2.76 bits per heavy atom. The van der Waals surface area contributed by atoms with Crippen LogP contribution in [0.3, 0.4) is 0 Å². The van der Waals surface area contributed by atoms with Crippen molar-refractivity contribution in [1.29, 1.82) is 0 Å². The minimum atomic E-state index is -0.715. The van der Waals surface area contributed by atoms with E-state index in [2.05, 4.69) is 15.6 Å². The average molecular weight is 291 g/mol. The summed E-state index contributed by atoms with van der Waals surface area (Å²) in [5.41, 5.74) is 0.945. The normalized spacial score (nSPS) is 16.8. The van der Waals surface area contributed by atoms with Gasteiger partial charge in [-0.25, -0.2) is 13.8 Å². The second-order valence-electron chi connectivity index (χ2n) is 4.77. The lowest BCUT2D eigenvalue weighted by molar-refractivity contribution is 0.274. The molecule has 6 heteroatoms. The van der Waals surface area contributed by atoms with Gasteiger partial charge in [0.1, 0.15) is 5.75 Å². The average Bonchev–Trinajstić information content (AvgIpc) is 2.50. The van der Waals surface area contributed by atoms with Gasteiger partial charge in [-0.2, -0.15) is 0 Å². The summed E-state index contributed by atoms with van der Waals surface area (Å²) in [6.07, 6.45) is 0.685. The largest absolute Gasteiger partial charge is 0.493 e. The molecule has 1 unspecified atom stereocenters. The van der Waals surface area contributed by atoms with Crippen LogP contribution in [-0.4, -0.2) is 18.6 Å². The molecular formula is C15H15F2N3O. The molecule has 2 N–H and O–H groups in total. The van der Waals surface area contributed by atoms with Crippen LogP contribution in [0.4, 0.5) is 20.4 Å². The summed E-state index contributed by atoms with van der Waals surface area (Å²) in [6, 6.07) is 8.29. The van der Waals surface area contributed by atoms with Crippen LogP contribution in [0.1, 0.15) is 18.0 Å². The van der Waals surface area contributed by atoms with E-state index in [1.807, 2.05) is 24.3 Å². The van der Waals surface area contributed by atoms with Crippen LogP contribution in [0, 0.1) is 11.6 Å². The monoisotopic (exact) mass is 291 g/mol. The summed E-state index contributed by atoms with van der Waals surface area (Å²) in [4.78, 5) is 3.94. The van der Waals surface area contributed by atoms with E-state index in [4.69, 9.17) is 4.74 Å². The quantitative estimate of drug-likeness (QED) is 0.910. The number of aromatic nitrogens is 1. The van der Waals surface area contributed by atoms with Crippen molar-refractivity contribution in [1.82, 2.24) is 4.98 Å². The molecule has 1 aliphatic heterocycles. The summed E-state index contributed by atoms with van der Waals surface area (Å²) in [7, 11) is 1.54. The molecule has 0 fully saturated rings. The van der Waals surface area contributed by atoms with Gasteiger partial charge < -0.3 is 15.4 Å². The Morgan fingerprint density at radius 1 is 1.19 bits per heavy atom. The van der Waals surface area contributed by atoms with E-state index in [1.165, 1.54) is 7.05 Å². The molecule has 0 radical (unpaired) electrons. The number of nitrogens with one attached hydrogen (secondary N) is 2. The topological polar surface area (TPSA) is 46.2 Å². The molecule has 1 atom stereocenters. The number of hydrogen-bond donors (Lipinski definition) is 2. The highest BCUT2D eigenvalue weighted by Gasteiger charge is 2.23. The Morgan fingerprint density at radius 2 is 1.95 bits per heavy atom. The maximum Gasteiger partial charge on any atom is 0.168 e. The number of nitrogens with zero attached hydrogens (tertiary/aromatic N) is 1. The summed E-state index contributed by atoms with van der Waals surface area (Å²) < 4.78 is 32.9. The zero-order chi connectivity index (χ0) is 14.8. The first kappa shape index (κ1) is 13.6. The molecule has 0 amide bonds. The van der Waals surface area contributed by atoms with E-state index in [9.17, 15) is 8.78 Å². The van der Waals surface area contributed by atoms with Crippen molar-refractivity contribution in [3.05, 3.63) is 47.5 Å². The van der Waals surface area contributed by atoms with Crippen LogP contribution in [-0.2, 0) is 0 Å². The van der Waals surface area contributed by atoms with Gasteiger partial charge in [-0.1, -0.05) is 18.2 Å². The summed E-state index contributed by atoms with van der Waals surface area (Å²) in [6.45, 7) is 0.538. The van der Waals surface area contributed by atoms with Crippen molar-refractivity contribution in [2.75, 3.05) is 24.3 Å². The van der Waals surface area contributed by atoms with E-state index < -0.39 is 11.6 Å². The number of benzene rings is 1. The first-order valence-electron chi connectivity index (χ1n) is 6.71. The SMILES string of the molecule is CNc1nc(NC2CCOc3ccccc32)c(F)cc1F. The zero-order valence-corrected chi connectivity index (χ0v) is 11.5. The standard InChI is InChI=1S/C15H15F2N3O/c1-18-14-10(16)8-11(17)15(20-14)19-12-6-7-21-13-5-3-2-4-9(12)13/h2-5,8,12H,6-7H2,1H3,(H2,18,19,20). The molecular weight excluding hydrogens is 276 g/mol. The molecule has 0 aliphatic carbocycles. The molecule has 21 heavy (non-hydrogen) atoms. The Labute approximate surface area is 121 Å². The maximum absolute atomic E-state index is 13.9. The van der Waals surface area contributed by atoms with Gasteiger partial charge in [0.2, 0.25) is 0 Å². The molecule has 4 nitrogen and oxygen atoms in total. The van der Waals surface area contributed by atoms with Gasteiger partial charge in [-0.3, -0.25) is 0 Å². The van der Waals surface area contributed by atoms with Crippen LogP contribution < -0.4 is 15.4 Å². The zero-order valence-electron chi connectivity index (χ0n) is 11.5. The first-order chi connectivity index (χ1) is 10.2.